The normalized spacial score (nSPS) is 10.0. The van der Waals surface area contributed by atoms with Crippen molar-refractivity contribution in [1.29, 1.82) is 0 Å². The maximum atomic E-state index is 9.53. The monoisotopic (exact) mass is 189 g/mol. The predicted octanol–water partition coefficient (Wildman–Crippen LogP) is 0.221. The molecule has 1 aromatic heterocycles. The average molecular weight is 189 g/mol. The fourth-order valence-corrected chi connectivity index (χ4v) is 1.05. The Kier molecular flexibility index (Phi) is 1.94. The Morgan fingerprint density at radius 3 is 2.50 bits per heavy atom. The number of phenols is 1. The van der Waals surface area contributed by atoms with Crippen molar-refractivity contribution in [3.8, 4) is 17.1 Å². The smallest absolute Gasteiger partial charge is 0.207 e. The standard InChI is InChI=1S/C8H7N5O/c9-5-1-2-6(7(14)3-5)8-12-10-4-11-13-8/h1-4,14H,9H2. The quantitative estimate of drug-likeness (QED) is 0.623. The SMILES string of the molecule is Nc1ccc(-c2nncnn2)c(O)c1. The molecule has 6 nitrogen and oxygen atoms in total. The maximum Gasteiger partial charge on any atom is 0.207 e. The Morgan fingerprint density at radius 1 is 1.14 bits per heavy atom. The summed E-state index contributed by atoms with van der Waals surface area (Å²) in [6.07, 6.45) is 1.22. The second-order valence-electron chi connectivity index (χ2n) is 2.65. The van der Waals surface area contributed by atoms with E-state index in [1.54, 1.807) is 12.1 Å². The number of benzene rings is 1. The molecular weight excluding hydrogens is 182 g/mol. The minimum atomic E-state index is 0.0137. The molecule has 0 amide bonds. The first-order chi connectivity index (χ1) is 6.77. The summed E-state index contributed by atoms with van der Waals surface area (Å²) in [6, 6.07) is 4.68. The van der Waals surface area contributed by atoms with Crippen molar-refractivity contribution in [2.24, 2.45) is 0 Å². The first-order valence-corrected chi connectivity index (χ1v) is 3.86. The van der Waals surface area contributed by atoms with Gasteiger partial charge in [-0.25, -0.2) is 0 Å². The number of nitrogens with zero attached hydrogens (tertiary/aromatic N) is 4. The van der Waals surface area contributed by atoms with Crippen LogP contribution in [0.25, 0.3) is 11.4 Å². The van der Waals surface area contributed by atoms with E-state index in [1.165, 1.54) is 12.4 Å². The third-order valence-electron chi connectivity index (χ3n) is 1.67. The van der Waals surface area contributed by atoms with Gasteiger partial charge in [0.25, 0.3) is 0 Å². The summed E-state index contributed by atoms with van der Waals surface area (Å²) < 4.78 is 0. The molecule has 0 saturated carbocycles. The fraction of sp³-hybridized carbons (Fsp3) is 0. The number of hydrogen-bond acceptors (Lipinski definition) is 6. The second kappa shape index (κ2) is 3.25. The van der Waals surface area contributed by atoms with Crippen molar-refractivity contribution in [1.82, 2.24) is 20.4 Å². The number of aromatic hydroxyl groups is 1. The minimum Gasteiger partial charge on any atom is -0.507 e. The Labute approximate surface area is 79.4 Å². The highest BCUT2D eigenvalue weighted by Gasteiger charge is 2.07. The van der Waals surface area contributed by atoms with Gasteiger partial charge in [-0.2, -0.15) is 0 Å². The van der Waals surface area contributed by atoms with Crippen molar-refractivity contribution in [3.05, 3.63) is 24.5 Å². The molecule has 0 spiro atoms. The van der Waals surface area contributed by atoms with Crippen LogP contribution < -0.4 is 5.73 Å². The van der Waals surface area contributed by atoms with Crippen LogP contribution in [-0.2, 0) is 0 Å². The summed E-state index contributed by atoms with van der Waals surface area (Å²) in [5, 5.41) is 24.1. The van der Waals surface area contributed by atoms with Crippen LogP contribution in [0.4, 0.5) is 5.69 Å². The number of anilines is 1. The van der Waals surface area contributed by atoms with Crippen LogP contribution in [0.15, 0.2) is 24.5 Å². The van der Waals surface area contributed by atoms with Gasteiger partial charge in [0.1, 0.15) is 5.75 Å². The van der Waals surface area contributed by atoms with Gasteiger partial charge in [0.15, 0.2) is 6.33 Å². The number of nitrogen functional groups attached to an aromatic ring is 1. The lowest BCUT2D eigenvalue weighted by Gasteiger charge is -2.01. The summed E-state index contributed by atoms with van der Waals surface area (Å²) in [5.74, 6) is 0.282. The van der Waals surface area contributed by atoms with Gasteiger partial charge in [-0.15, -0.1) is 20.4 Å². The fourth-order valence-electron chi connectivity index (χ4n) is 1.05. The van der Waals surface area contributed by atoms with Gasteiger partial charge in [0.2, 0.25) is 5.82 Å². The summed E-state index contributed by atoms with van der Waals surface area (Å²) in [6.45, 7) is 0. The molecule has 0 aliphatic heterocycles. The van der Waals surface area contributed by atoms with Crippen molar-refractivity contribution in [2.75, 3.05) is 5.73 Å². The van der Waals surface area contributed by atoms with Gasteiger partial charge in [-0.3, -0.25) is 0 Å². The average Bonchev–Trinajstić information content (AvgIpc) is 2.19. The number of nitrogens with two attached hydrogens (primary N) is 1. The Bertz CT molecular complexity index is 445. The molecule has 0 fully saturated rings. The zero-order chi connectivity index (χ0) is 9.97. The number of aromatic nitrogens is 4. The number of hydrogen-bond donors (Lipinski definition) is 2. The third kappa shape index (κ3) is 1.45. The molecule has 14 heavy (non-hydrogen) atoms. The van der Waals surface area contributed by atoms with Crippen molar-refractivity contribution < 1.29 is 5.11 Å². The molecular formula is C8H7N5O. The van der Waals surface area contributed by atoms with Crippen LogP contribution in [0, 0.1) is 0 Å². The summed E-state index contributed by atoms with van der Waals surface area (Å²) >= 11 is 0. The van der Waals surface area contributed by atoms with Gasteiger partial charge in [-0.05, 0) is 12.1 Å². The molecule has 0 aliphatic rings. The van der Waals surface area contributed by atoms with Gasteiger partial charge >= 0.3 is 0 Å². The molecule has 1 aromatic carbocycles. The molecule has 0 aliphatic carbocycles. The van der Waals surface area contributed by atoms with E-state index in [0.29, 0.717) is 11.3 Å². The first kappa shape index (κ1) is 8.36. The molecule has 2 rings (SSSR count). The van der Waals surface area contributed by atoms with Crippen molar-refractivity contribution >= 4 is 5.69 Å². The Balaban J connectivity index is 2.53. The highest BCUT2D eigenvalue weighted by molar-refractivity contribution is 5.66. The Hall–Kier alpha value is -2.24. The third-order valence-corrected chi connectivity index (χ3v) is 1.67. The van der Waals surface area contributed by atoms with Gasteiger partial charge in [-0.1, -0.05) is 0 Å². The van der Waals surface area contributed by atoms with Crippen LogP contribution >= 0.6 is 0 Å². The zero-order valence-electron chi connectivity index (χ0n) is 7.12. The lowest BCUT2D eigenvalue weighted by atomic mass is 10.2. The van der Waals surface area contributed by atoms with E-state index in [-0.39, 0.29) is 11.6 Å². The zero-order valence-corrected chi connectivity index (χ0v) is 7.12. The molecule has 0 bridgehead atoms. The molecule has 2 aromatic rings. The molecule has 0 atom stereocenters. The van der Waals surface area contributed by atoms with Crippen LogP contribution in [0.2, 0.25) is 0 Å². The molecule has 0 saturated heterocycles. The van der Waals surface area contributed by atoms with E-state index in [9.17, 15) is 5.11 Å². The van der Waals surface area contributed by atoms with E-state index >= 15 is 0 Å². The van der Waals surface area contributed by atoms with E-state index in [4.69, 9.17) is 5.73 Å². The van der Waals surface area contributed by atoms with Gasteiger partial charge in [0, 0.05) is 11.8 Å². The molecule has 0 radical (unpaired) electrons. The van der Waals surface area contributed by atoms with Crippen molar-refractivity contribution in [3.63, 3.8) is 0 Å². The lowest BCUT2D eigenvalue weighted by Crippen LogP contribution is -1.94. The largest absolute Gasteiger partial charge is 0.507 e. The number of phenolic OH excluding ortho intramolecular Hbond substituents is 1. The highest BCUT2D eigenvalue weighted by atomic mass is 16.3. The molecule has 0 unspecified atom stereocenters. The van der Waals surface area contributed by atoms with Gasteiger partial charge < -0.3 is 10.8 Å². The topological polar surface area (TPSA) is 97.8 Å². The molecule has 70 valence electrons. The second-order valence-corrected chi connectivity index (χ2v) is 2.65. The van der Waals surface area contributed by atoms with E-state index in [0.717, 1.165) is 0 Å². The van der Waals surface area contributed by atoms with Crippen LogP contribution in [0.3, 0.4) is 0 Å². The van der Waals surface area contributed by atoms with E-state index in [2.05, 4.69) is 20.4 Å². The molecule has 3 N–H and O–H groups in total. The maximum absolute atomic E-state index is 9.53. The summed E-state index contributed by atoms with van der Waals surface area (Å²) in [5.41, 5.74) is 6.41. The highest BCUT2D eigenvalue weighted by Crippen LogP contribution is 2.27. The minimum absolute atomic E-state index is 0.0137. The van der Waals surface area contributed by atoms with E-state index in [1.807, 2.05) is 0 Å². The molecule has 6 heteroatoms. The molecule has 1 heterocycles. The lowest BCUT2D eigenvalue weighted by molar-refractivity contribution is 0.477. The predicted molar refractivity (Wildman–Crippen MR) is 49.1 cm³/mol. The Morgan fingerprint density at radius 2 is 1.86 bits per heavy atom. The van der Waals surface area contributed by atoms with Crippen molar-refractivity contribution in [2.45, 2.75) is 0 Å². The number of rotatable bonds is 1. The van der Waals surface area contributed by atoms with Crippen LogP contribution in [-0.4, -0.2) is 25.5 Å². The van der Waals surface area contributed by atoms with Crippen LogP contribution in [0.1, 0.15) is 0 Å². The first-order valence-electron chi connectivity index (χ1n) is 3.86. The van der Waals surface area contributed by atoms with Crippen LogP contribution in [0.5, 0.6) is 5.75 Å². The summed E-state index contributed by atoms with van der Waals surface area (Å²) in [4.78, 5) is 0. The van der Waals surface area contributed by atoms with Gasteiger partial charge in [0.05, 0.1) is 5.56 Å². The van der Waals surface area contributed by atoms with E-state index < -0.39 is 0 Å². The summed E-state index contributed by atoms with van der Waals surface area (Å²) in [7, 11) is 0.